The highest BCUT2D eigenvalue weighted by Gasteiger charge is 2.19. The average Bonchev–Trinajstić information content (AvgIpc) is 2.87. The standard InChI is InChI=1S/C13H18N4O/c1-4-9-7-15-6-5-10(9)12-16-13(18-17-12)11(14)8(2)3/h5-8,11H,4,14H2,1-3H3. The van der Waals surface area contributed by atoms with E-state index in [1.54, 1.807) is 6.20 Å². The van der Waals surface area contributed by atoms with Gasteiger partial charge in [-0.05, 0) is 24.0 Å². The molecular formula is C13H18N4O. The molecule has 2 aromatic heterocycles. The van der Waals surface area contributed by atoms with Crippen molar-refractivity contribution in [2.45, 2.75) is 33.2 Å². The van der Waals surface area contributed by atoms with Crippen LogP contribution in [0.5, 0.6) is 0 Å². The van der Waals surface area contributed by atoms with E-state index in [-0.39, 0.29) is 12.0 Å². The molecule has 0 radical (unpaired) electrons. The van der Waals surface area contributed by atoms with Crippen LogP contribution < -0.4 is 5.73 Å². The van der Waals surface area contributed by atoms with Gasteiger partial charge in [0.1, 0.15) is 0 Å². The minimum absolute atomic E-state index is 0.224. The van der Waals surface area contributed by atoms with Gasteiger partial charge in [-0.2, -0.15) is 4.98 Å². The SMILES string of the molecule is CCc1cnccc1-c1noc(C(N)C(C)C)n1. The average molecular weight is 246 g/mol. The third kappa shape index (κ3) is 2.41. The molecule has 0 aliphatic rings. The van der Waals surface area contributed by atoms with Gasteiger partial charge in [0.15, 0.2) is 0 Å². The Morgan fingerprint density at radius 2 is 2.17 bits per heavy atom. The van der Waals surface area contributed by atoms with Crippen molar-refractivity contribution in [3.8, 4) is 11.4 Å². The van der Waals surface area contributed by atoms with E-state index in [0.717, 1.165) is 17.5 Å². The first-order valence-electron chi connectivity index (χ1n) is 6.16. The first-order chi connectivity index (χ1) is 8.63. The van der Waals surface area contributed by atoms with Gasteiger partial charge in [-0.25, -0.2) is 0 Å². The molecule has 0 spiro atoms. The molecule has 1 atom stereocenters. The second-order valence-corrected chi connectivity index (χ2v) is 4.61. The minimum Gasteiger partial charge on any atom is -0.337 e. The van der Waals surface area contributed by atoms with Crippen LogP contribution in [0.4, 0.5) is 0 Å². The lowest BCUT2D eigenvalue weighted by Gasteiger charge is -2.09. The van der Waals surface area contributed by atoms with E-state index in [9.17, 15) is 0 Å². The van der Waals surface area contributed by atoms with E-state index >= 15 is 0 Å². The van der Waals surface area contributed by atoms with Gasteiger partial charge in [0, 0.05) is 18.0 Å². The van der Waals surface area contributed by atoms with Crippen LogP contribution in [-0.4, -0.2) is 15.1 Å². The maximum absolute atomic E-state index is 5.99. The molecule has 0 fully saturated rings. The largest absolute Gasteiger partial charge is 0.337 e. The van der Waals surface area contributed by atoms with Crippen molar-refractivity contribution in [2.75, 3.05) is 0 Å². The fourth-order valence-electron chi connectivity index (χ4n) is 1.69. The van der Waals surface area contributed by atoms with Gasteiger partial charge >= 0.3 is 0 Å². The van der Waals surface area contributed by atoms with Gasteiger partial charge in [0.05, 0.1) is 6.04 Å². The van der Waals surface area contributed by atoms with Crippen molar-refractivity contribution in [1.29, 1.82) is 0 Å². The lowest BCUT2D eigenvalue weighted by Crippen LogP contribution is -2.16. The fraction of sp³-hybridized carbons (Fsp3) is 0.462. The van der Waals surface area contributed by atoms with Crippen LogP contribution in [0.2, 0.25) is 0 Å². The normalized spacial score (nSPS) is 12.9. The molecule has 0 bridgehead atoms. The Bertz CT molecular complexity index is 521. The summed E-state index contributed by atoms with van der Waals surface area (Å²) in [6, 6.07) is 1.67. The summed E-state index contributed by atoms with van der Waals surface area (Å²) in [4.78, 5) is 8.48. The predicted molar refractivity (Wildman–Crippen MR) is 68.7 cm³/mol. The molecule has 2 N–H and O–H groups in total. The number of nitrogens with zero attached hydrogens (tertiary/aromatic N) is 3. The summed E-state index contributed by atoms with van der Waals surface area (Å²) >= 11 is 0. The summed E-state index contributed by atoms with van der Waals surface area (Å²) in [6.07, 6.45) is 4.43. The van der Waals surface area contributed by atoms with Crippen LogP contribution in [0.3, 0.4) is 0 Å². The number of pyridine rings is 1. The van der Waals surface area contributed by atoms with Crippen molar-refractivity contribution in [1.82, 2.24) is 15.1 Å². The van der Waals surface area contributed by atoms with Crippen LogP contribution >= 0.6 is 0 Å². The number of rotatable bonds is 4. The summed E-state index contributed by atoms with van der Waals surface area (Å²) in [6.45, 7) is 6.12. The van der Waals surface area contributed by atoms with Crippen LogP contribution in [0.1, 0.15) is 38.3 Å². The first-order valence-corrected chi connectivity index (χ1v) is 6.16. The molecule has 0 aliphatic carbocycles. The van der Waals surface area contributed by atoms with Gasteiger partial charge in [-0.1, -0.05) is 25.9 Å². The minimum atomic E-state index is -0.224. The van der Waals surface area contributed by atoms with E-state index in [4.69, 9.17) is 10.3 Å². The van der Waals surface area contributed by atoms with Gasteiger partial charge in [-0.15, -0.1) is 0 Å². The molecule has 5 heteroatoms. The van der Waals surface area contributed by atoms with E-state index in [1.165, 1.54) is 0 Å². The molecule has 0 saturated heterocycles. The lowest BCUT2D eigenvalue weighted by molar-refractivity contribution is 0.325. The summed E-state index contributed by atoms with van der Waals surface area (Å²) in [5, 5.41) is 4.00. The monoisotopic (exact) mass is 246 g/mol. The molecule has 0 amide bonds. The molecular weight excluding hydrogens is 228 g/mol. The third-order valence-electron chi connectivity index (χ3n) is 2.97. The first kappa shape index (κ1) is 12.7. The van der Waals surface area contributed by atoms with E-state index < -0.39 is 0 Å². The Morgan fingerprint density at radius 1 is 1.39 bits per heavy atom. The van der Waals surface area contributed by atoms with Crippen molar-refractivity contribution < 1.29 is 4.52 Å². The number of hydrogen-bond acceptors (Lipinski definition) is 5. The Hall–Kier alpha value is -1.75. The maximum Gasteiger partial charge on any atom is 0.244 e. The van der Waals surface area contributed by atoms with E-state index in [1.807, 2.05) is 26.1 Å². The predicted octanol–water partition coefficient (Wildman–Crippen LogP) is 2.35. The third-order valence-corrected chi connectivity index (χ3v) is 2.97. The molecule has 18 heavy (non-hydrogen) atoms. The Balaban J connectivity index is 2.35. The van der Waals surface area contributed by atoms with Crippen molar-refractivity contribution in [3.05, 3.63) is 29.9 Å². The zero-order valence-corrected chi connectivity index (χ0v) is 10.9. The van der Waals surface area contributed by atoms with Crippen LogP contribution in [0.15, 0.2) is 23.0 Å². The van der Waals surface area contributed by atoms with E-state index in [2.05, 4.69) is 22.0 Å². The zero-order chi connectivity index (χ0) is 13.1. The number of nitrogens with two attached hydrogens (primary N) is 1. The Morgan fingerprint density at radius 3 is 2.83 bits per heavy atom. The van der Waals surface area contributed by atoms with Gasteiger partial charge < -0.3 is 10.3 Å². The molecule has 1 unspecified atom stereocenters. The van der Waals surface area contributed by atoms with Gasteiger partial charge in [-0.3, -0.25) is 4.98 Å². The van der Waals surface area contributed by atoms with Crippen LogP contribution in [-0.2, 0) is 6.42 Å². The summed E-state index contributed by atoms with van der Waals surface area (Å²) in [5.41, 5.74) is 8.05. The number of hydrogen-bond donors (Lipinski definition) is 1. The maximum atomic E-state index is 5.99. The molecule has 2 heterocycles. The molecule has 0 aromatic carbocycles. The van der Waals surface area contributed by atoms with Crippen molar-refractivity contribution in [2.24, 2.45) is 11.7 Å². The topological polar surface area (TPSA) is 77.8 Å². The second kappa shape index (κ2) is 5.27. The molecule has 0 saturated carbocycles. The van der Waals surface area contributed by atoms with Crippen molar-refractivity contribution in [3.63, 3.8) is 0 Å². The Labute approximate surface area is 106 Å². The van der Waals surface area contributed by atoms with Crippen molar-refractivity contribution >= 4 is 0 Å². The molecule has 5 nitrogen and oxygen atoms in total. The fourth-order valence-corrected chi connectivity index (χ4v) is 1.69. The molecule has 2 rings (SSSR count). The van der Waals surface area contributed by atoms with Crippen LogP contribution in [0, 0.1) is 5.92 Å². The highest BCUT2D eigenvalue weighted by Crippen LogP contribution is 2.23. The zero-order valence-electron chi connectivity index (χ0n) is 10.9. The number of aryl methyl sites for hydroxylation is 1. The summed E-state index contributed by atoms with van der Waals surface area (Å²) < 4.78 is 5.24. The van der Waals surface area contributed by atoms with E-state index in [0.29, 0.717) is 11.7 Å². The summed E-state index contributed by atoms with van der Waals surface area (Å²) in [5.74, 6) is 1.33. The highest BCUT2D eigenvalue weighted by atomic mass is 16.5. The smallest absolute Gasteiger partial charge is 0.244 e. The highest BCUT2D eigenvalue weighted by molar-refractivity contribution is 5.58. The molecule has 0 aliphatic heterocycles. The molecule has 2 aromatic rings. The van der Waals surface area contributed by atoms with Gasteiger partial charge in [0.2, 0.25) is 11.7 Å². The molecule has 96 valence electrons. The van der Waals surface area contributed by atoms with Gasteiger partial charge in [0.25, 0.3) is 0 Å². The quantitative estimate of drug-likeness (QED) is 0.895. The van der Waals surface area contributed by atoms with Crippen LogP contribution in [0.25, 0.3) is 11.4 Å². The second-order valence-electron chi connectivity index (χ2n) is 4.61. The number of aromatic nitrogens is 3. The summed E-state index contributed by atoms with van der Waals surface area (Å²) in [7, 11) is 0. The lowest BCUT2D eigenvalue weighted by atomic mass is 10.1. The Kier molecular flexibility index (Phi) is 3.72.